The zero-order valence-corrected chi connectivity index (χ0v) is 10.9. The van der Waals surface area contributed by atoms with Crippen LogP contribution >= 0.6 is 15.9 Å². The molecule has 0 aliphatic carbocycles. The molecule has 0 radical (unpaired) electrons. The van der Waals surface area contributed by atoms with Crippen molar-refractivity contribution in [1.82, 2.24) is 4.90 Å². The number of fused-ring (bicyclic) bond motifs is 1. The quantitative estimate of drug-likeness (QED) is 0.929. The van der Waals surface area contributed by atoms with Crippen LogP contribution in [0.2, 0.25) is 0 Å². The number of carboxylic acid groups (broad SMARTS) is 1. The van der Waals surface area contributed by atoms with Gasteiger partial charge in [-0.2, -0.15) is 0 Å². The van der Waals surface area contributed by atoms with E-state index >= 15 is 0 Å². The topological polar surface area (TPSA) is 49.8 Å². The van der Waals surface area contributed by atoms with Crippen molar-refractivity contribution in [1.29, 1.82) is 0 Å². The molecule has 0 amide bonds. The van der Waals surface area contributed by atoms with Crippen LogP contribution in [0.1, 0.15) is 12.0 Å². The number of carboxylic acids is 1. The molecule has 1 heterocycles. The van der Waals surface area contributed by atoms with Crippen LogP contribution in [0.3, 0.4) is 0 Å². The molecule has 92 valence electrons. The molecule has 0 spiro atoms. The third kappa shape index (κ3) is 3.20. The van der Waals surface area contributed by atoms with E-state index in [4.69, 9.17) is 9.84 Å². The normalized spacial score (nSPS) is 15.8. The molecule has 0 unspecified atom stereocenters. The first-order chi connectivity index (χ1) is 8.16. The number of carbonyl (C=O) groups is 1. The Morgan fingerprint density at radius 3 is 3.12 bits per heavy atom. The van der Waals surface area contributed by atoms with E-state index in [1.165, 1.54) is 0 Å². The van der Waals surface area contributed by atoms with Gasteiger partial charge in [0.2, 0.25) is 0 Å². The first-order valence-electron chi connectivity index (χ1n) is 5.51. The van der Waals surface area contributed by atoms with Gasteiger partial charge in [0, 0.05) is 25.2 Å². The molecular formula is C12H14BrNO3. The second-order valence-corrected chi connectivity index (χ2v) is 4.85. The van der Waals surface area contributed by atoms with E-state index in [0.717, 1.165) is 28.9 Å². The van der Waals surface area contributed by atoms with Crippen molar-refractivity contribution in [3.05, 3.63) is 28.2 Å². The summed E-state index contributed by atoms with van der Waals surface area (Å²) in [5.41, 5.74) is 1.10. The number of ether oxygens (including phenoxy) is 1. The van der Waals surface area contributed by atoms with E-state index in [1.807, 2.05) is 18.2 Å². The molecule has 0 saturated carbocycles. The fourth-order valence-corrected chi connectivity index (χ4v) is 2.40. The van der Waals surface area contributed by atoms with E-state index in [2.05, 4.69) is 20.8 Å². The average molecular weight is 300 g/mol. The van der Waals surface area contributed by atoms with Crippen LogP contribution in [0.5, 0.6) is 5.75 Å². The number of halogens is 1. The van der Waals surface area contributed by atoms with Crippen molar-refractivity contribution >= 4 is 21.9 Å². The lowest BCUT2D eigenvalue weighted by Gasteiger charge is -2.17. The van der Waals surface area contributed by atoms with E-state index in [0.29, 0.717) is 13.2 Å². The highest BCUT2D eigenvalue weighted by atomic mass is 79.9. The first kappa shape index (κ1) is 12.4. The predicted molar refractivity (Wildman–Crippen MR) is 67.2 cm³/mol. The second kappa shape index (κ2) is 5.51. The molecule has 1 aromatic rings. The summed E-state index contributed by atoms with van der Waals surface area (Å²) in [6.45, 7) is 2.65. The fourth-order valence-electron chi connectivity index (χ4n) is 1.88. The Labute approximate surface area is 108 Å². The van der Waals surface area contributed by atoms with Gasteiger partial charge in [-0.25, -0.2) is 0 Å². The standard InChI is InChI=1S/C12H14BrNO3/c13-10-3-1-2-9-8-14(5-4-11(15)16)6-7-17-12(9)10/h1-3H,4-8H2,(H,15,16). The maximum atomic E-state index is 10.6. The van der Waals surface area contributed by atoms with Gasteiger partial charge in [-0.1, -0.05) is 12.1 Å². The molecule has 17 heavy (non-hydrogen) atoms. The summed E-state index contributed by atoms with van der Waals surface area (Å²) in [6.07, 6.45) is 0.170. The van der Waals surface area contributed by atoms with Crippen molar-refractivity contribution in [2.75, 3.05) is 19.7 Å². The highest BCUT2D eigenvalue weighted by Crippen LogP contribution is 2.31. The Morgan fingerprint density at radius 1 is 1.53 bits per heavy atom. The molecule has 2 rings (SSSR count). The minimum Gasteiger partial charge on any atom is -0.491 e. The van der Waals surface area contributed by atoms with E-state index in [1.54, 1.807) is 0 Å². The highest BCUT2D eigenvalue weighted by Gasteiger charge is 2.17. The van der Waals surface area contributed by atoms with E-state index in [-0.39, 0.29) is 6.42 Å². The molecular weight excluding hydrogens is 286 g/mol. The van der Waals surface area contributed by atoms with Gasteiger partial charge < -0.3 is 9.84 Å². The summed E-state index contributed by atoms with van der Waals surface area (Å²) in [6, 6.07) is 5.93. The maximum Gasteiger partial charge on any atom is 0.304 e. The third-order valence-corrected chi connectivity index (χ3v) is 3.36. The lowest BCUT2D eigenvalue weighted by molar-refractivity contribution is -0.137. The maximum absolute atomic E-state index is 10.6. The summed E-state index contributed by atoms with van der Waals surface area (Å²) in [5, 5.41) is 8.69. The monoisotopic (exact) mass is 299 g/mol. The van der Waals surface area contributed by atoms with Gasteiger partial charge in [-0.05, 0) is 22.0 Å². The molecule has 0 aromatic heterocycles. The molecule has 1 aliphatic rings. The molecule has 0 saturated heterocycles. The third-order valence-electron chi connectivity index (χ3n) is 2.74. The highest BCUT2D eigenvalue weighted by molar-refractivity contribution is 9.10. The molecule has 4 nitrogen and oxygen atoms in total. The zero-order valence-electron chi connectivity index (χ0n) is 9.36. The Kier molecular flexibility index (Phi) is 4.02. The molecule has 1 aromatic carbocycles. The van der Waals surface area contributed by atoms with Crippen molar-refractivity contribution in [3.8, 4) is 5.75 Å². The van der Waals surface area contributed by atoms with E-state index in [9.17, 15) is 4.79 Å². The van der Waals surface area contributed by atoms with Gasteiger partial charge in [0.15, 0.2) is 0 Å². The number of rotatable bonds is 3. The van der Waals surface area contributed by atoms with Crippen LogP contribution in [0, 0.1) is 0 Å². The summed E-state index contributed by atoms with van der Waals surface area (Å²) in [5.74, 6) is 0.120. The Morgan fingerprint density at radius 2 is 2.35 bits per heavy atom. The Balaban J connectivity index is 2.09. The van der Waals surface area contributed by atoms with Crippen LogP contribution in [-0.4, -0.2) is 35.7 Å². The number of hydrogen-bond acceptors (Lipinski definition) is 3. The van der Waals surface area contributed by atoms with Crippen LogP contribution in [0.25, 0.3) is 0 Å². The van der Waals surface area contributed by atoms with Gasteiger partial charge in [0.1, 0.15) is 12.4 Å². The number of benzene rings is 1. The van der Waals surface area contributed by atoms with Gasteiger partial charge in [0.25, 0.3) is 0 Å². The number of hydrogen-bond donors (Lipinski definition) is 1. The molecule has 5 heteroatoms. The Hall–Kier alpha value is -1.07. The molecule has 1 N–H and O–H groups in total. The SMILES string of the molecule is O=C(O)CCN1CCOc2c(Br)cccc2C1. The lowest BCUT2D eigenvalue weighted by atomic mass is 10.2. The average Bonchev–Trinajstić information content (AvgIpc) is 2.49. The van der Waals surface area contributed by atoms with Crippen LogP contribution in [-0.2, 0) is 11.3 Å². The van der Waals surface area contributed by atoms with Gasteiger partial charge >= 0.3 is 5.97 Å². The van der Waals surface area contributed by atoms with Gasteiger partial charge in [-0.15, -0.1) is 0 Å². The minimum absolute atomic E-state index is 0.170. The number of nitrogens with zero attached hydrogens (tertiary/aromatic N) is 1. The molecule has 0 bridgehead atoms. The van der Waals surface area contributed by atoms with Crippen molar-refractivity contribution in [2.24, 2.45) is 0 Å². The minimum atomic E-state index is -0.760. The summed E-state index contributed by atoms with van der Waals surface area (Å²) < 4.78 is 6.63. The second-order valence-electron chi connectivity index (χ2n) is 4.00. The summed E-state index contributed by atoms with van der Waals surface area (Å²) in [7, 11) is 0. The van der Waals surface area contributed by atoms with Gasteiger partial charge in [0.05, 0.1) is 10.9 Å². The van der Waals surface area contributed by atoms with Crippen LogP contribution < -0.4 is 4.74 Å². The van der Waals surface area contributed by atoms with Crippen molar-refractivity contribution < 1.29 is 14.6 Å². The van der Waals surface area contributed by atoms with Crippen molar-refractivity contribution in [3.63, 3.8) is 0 Å². The number of para-hydroxylation sites is 1. The lowest BCUT2D eigenvalue weighted by Crippen LogP contribution is -2.28. The molecule has 0 atom stereocenters. The smallest absolute Gasteiger partial charge is 0.304 e. The van der Waals surface area contributed by atoms with E-state index < -0.39 is 5.97 Å². The fraction of sp³-hybridized carbons (Fsp3) is 0.417. The first-order valence-corrected chi connectivity index (χ1v) is 6.30. The predicted octanol–water partition coefficient (Wildman–Crippen LogP) is 2.12. The van der Waals surface area contributed by atoms with Gasteiger partial charge in [-0.3, -0.25) is 9.69 Å². The molecule has 1 aliphatic heterocycles. The van der Waals surface area contributed by atoms with Crippen molar-refractivity contribution in [2.45, 2.75) is 13.0 Å². The largest absolute Gasteiger partial charge is 0.491 e. The van der Waals surface area contributed by atoms with Crippen LogP contribution in [0.4, 0.5) is 0 Å². The number of aliphatic carboxylic acids is 1. The molecule has 0 fully saturated rings. The summed E-state index contributed by atoms with van der Waals surface area (Å²) >= 11 is 3.46. The summed E-state index contributed by atoms with van der Waals surface area (Å²) in [4.78, 5) is 12.7. The van der Waals surface area contributed by atoms with Crippen LogP contribution in [0.15, 0.2) is 22.7 Å². The zero-order chi connectivity index (χ0) is 12.3. The Bertz CT molecular complexity index is 422.